The largest absolute Gasteiger partial charge is 0.497 e. The fraction of sp³-hybridized carbons (Fsp3) is 0.647. The van der Waals surface area contributed by atoms with Crippen molar-refractivity contribution in [2.24, 2.45) is 0 Å². The number of hydrogen-bond donors (Lipinski definition) is 0. The predicted octanol–water partition coefficient (Wildman–Crippen LogP) is 3.43. The highest BCUT2D eigenvalue weighted by molar-refractivity contribution is 7.95. The van der Waals surface area contributed by atoms with Crippen LogP contribution >= 0.6 is 7.60 Å². The molecule has 9 heteroatoms. The molecular weight excluding hydrogens is 377 g/mol. The van der Waals surface area contributed by atoms with E-state index in [2.05, 4.69) is 0 Å². The van der Waals surface area contributed by atoms with Crippen molar-refractivity contribution in [1.29, 1.82) is 0 Å². The van der Waals surface area contributed by atoms with Gasteiger partial charge in [-0.15, -0.1) is 0 Å². The van der Waals surface area contributed by atoms with Gasteiger partial charge in [-0.3, -0.25) is 4.57 Å². The van der Waals surface area contributed by atoms with Crippen LogP contribution < -0.4 is 4.74 Å². The third-order valence-corrected chi connectivity index (χ3v) is 9.43. The molecule has 0 unspecified atom stereocenters. The zero-order chi connectivity index (χ0) is 19.2. The molecule has 0 radical (unpaired) electrons. The summed E-state index contributed by atoms with van der Waals surface area (Å²) in [4.78, 5) is 0. The summed E-state index contributed by atoms with van der Waals surface area (Å²) < 4.78 is 54.7. The molecule has 1 saturated heterocycles. The molecule has 0 saturated carbocycles. The van der Waals surface area contributed by atoms with Crippen LogP contribution in [0.2, 0.25) is 0 Å². The molecule has 148 valence electrons. The van der Waals surface area contributed by atoms with E-state index in [1.54, 1.807) is 21.0 Å². The van der Waals surface area contributed by atoms with Crippen LogP contribution in [0.5, 0.6) is 5.75 Å². The summed E-state index contributed by atoms with van der Waals surface area (Å²) in [6, 6.07) is 7.87. The summed E-state index contributed by atoms with van der Waals surface area (Å²) in [5, 5.41) is 0. The SMILES string of the molecule is CCOP(=O)(CS(=O)(=O)N1CCC(c2ccc(OC)cc2)CC1)OCC. The third-order valence-electron chi connectivity index (χ3n) is 4.41. The third kappa shape index (κ3) is 5.54. The van der Waals surface area contributed by atoms with Crippen LogP contribution in [0, 0.1) is 0 Å². The van der Waals surface area contributed by atoms with E-state index in [0.717, 1.165) is 18.6 Å². The van der Waals surface area contributed by atoms with Crippen molar-refractivity contribution in [3.63, 3.8) is 0 Å². The average molecular weight is 405 g/mol. The molecule has 1 aromatic carbocycles. The topological polar surface area (TPSA) is 82.1 Å². The van der Waals surface area contributed by atoms with Crippen LogP contribution in [-0.4, -0.2) is 51.6 Å². The van der Waals surface area contributed by atoms with E-state index in [1.165, 1.54) is 9.87 Å². The number of ether oxygens (including phenoxy) is 1. The van der Waals surface area contributed by atoms with Gasteiger partial charge in [-0.1, -0.05) is 12.1 Å². The van der Waals surface area contributed by atoms with Crippen LogP contribution in [0.4, 0.5) is 0 Å². The molecule has 0 aliphatic carbocycles. The molecule has 1 aliphatic rings. The van der Waals surface area contributed by atoms with Gasteiger partial charge in [-0.25, -0.2) is 12.7 Å². The first kappa shape index (κ1) is 21.4. The van der Waals surface area contributed by atoms with Crippen LogP contribution in [0.25, 0.3) is 0 Å². The Hall–Kier alpha value is -0.920. The van der Waals surface area contributed by atoms with E-state index in [1.807, 2.05) is 24.3 Å². The normalized spacial score (nSPS) is 17.3. The van der Waals surface area contributed by atoms with E-state index >= 15 is 0 Å². The van der Waals surface area contributed by atoms with Crippen LogP contribution in [0.3, 0.4) is 0 Å². The van der Waals surface area contributed by atoms with Gasteiger partial charge < -0.3 is 13.8 Å². The molecule has 0 amide bonds. The van der Waals surface area contributed by atoms with Gasteiger partial charge in [0, 0.05) is 13.1 Å². The Kier molecular flexibility index (Phi) is 7.67. The molecule has 1 heterocycles. The Bertz CT molecular complexity index is 703. The van der Waals surface area contributed by atoms with Crippen LogP contribution in [-0.2, 0) is 23.6 Å². The summed E-state index contributed by atoms with van der Waals surface area (Å²) in [7, 11) is -5.71. The highest BCUT2D eigenvalue weighted by atomic mass is 32.2. The van der Waals surface area contributed by atoms with Crippen molar-refractivity contribution in [2.75, 3.05) is 38.9 Å². The first-order chi connectivity index (χ1) is 12.3. The van der Waals surface area contributed by atoms with E-state index in [4.69, 9.17) is 13.8 Å². The molecule has 1 aromatic rings. The quantitative estimate of drug-likeness (QED) is 0.586. The zero-order valence-corrected chi connectivity index (χ0v) is 17.3. The predicted molar refractivity (Wildman–Crippen MR) is 101 cm³/mol. The number of methoxy groups -OCH3 is 1. The molecule has 0 N–H and O–H groups in total. The molecule has 0 spiro atoms. The molecular formula is C17H28NO6PS. The Labute approximate surface area is 156 Å². The van der Waals surface area contributed by atoms with Gasteiger partial charge in [-0.05, 0) is 50.3 Å². The zero-order valence-electron chi connectivity index (χ0n) is 15.6. The van der Waals surface area contributed by atoms with Crippen molar-refractivity contribution in [2.45, 2.75) is 32.6 Å². The van der Waals surface area contributed by atoms with Crippen LogP contribution in [0.15, 0.2) is 24.3 Å². The number of hydrogen-bond acceptors (Lipinski definition) is 6. The first-order valence-corrected chi connectivity index (χ1v) is 12.2. The molecule has 1 aliphatic heterocycles. The fourth-order valence-electron chi connectivity index (χ4n) is 3.13. The molecule has 26 heavy (non-hydrogen) atoms. The number of nitrogens with zero attached hydrogens (tertiary/aromatic N) is 1. The standard InChI is InChI=1S/C17H28NO6PS/c1-4-23-25(19,24-5-2)14-26(20,21)18-12-10-16(11-13-18)15-6-8-17(22-3)9-7-15/h6-9,16H,4-5,10-14H2,1-3H3. The summed E-state index contributed by atoms with van der Waals surface area (Å²) in [6.45, 7) is 4.42. The molecule has 2 rings (SSSR count). The maximum atomic E-state index is 12.7. The molecule has 0 aromatic heterocycles. The highest BCUT2D eigenvalue weighted by Gasteiger charge is 2.37. The maximum absolute atomic E-state index is 12.7. The Morgan fingerprint density at radius 3 is 2.08 bits per heavy atom. The average Bonchev–Trinajstić information content (AvgIpc) is 2.61. The number of sulfonamides is 1. The van der Waals surface area contributed by atoms with Gasteiger partial charge >= 0.3 is 7.60 Å². The monoisotopic (exact) mass is 405 g/mol. The summed E-state index contributed by atoms with van der Waals surface area (Å²) in [6.07, 6.45) is 1.44. The van der Waals surface area contributed by atoms with Crippen molar-refractivity contribution < 1.29 is 26.8 Å². The Morgan fingerprint density at radius 1 is 1.08 bits per heavy atom. The second-order valence-electron chi connectivity index (χ2n) is 6.13. The lowest BCUT2D eigenvalue weighted by Crippen LogP contribution is -2.39. The number of rotatable bonds is 9. The summed E-state index contributed by atoms with van der Waals surface area (Å²) >= 11 is 0. The van der Waals surface area contributed by atoms with Gasteiger partial charge in [0.2, 0.25) is 10.0 Å². The van der Waals surface area contributed by atoms with E-state index < -0.39 is 23.1 Å². The van der Waals surface area contributed by atoms with Crippen LogP contribution in [0.1, 0.15) is 38.2 Å². The van der Waals surface area contributed by atoms with Crippen molar-refractivity contribution in [3.05, 3.63) is 29.8 Å². The molecule has 0 atom stereocenters. The van der Waals surface area contributed by atoms with Crippen molar-refractivity contribution in [3.8, 4) is 5.75 Å². The minimum atomic E-state index is -3.70. The Morgan fingerprint density at radius 2 is 1.62 bits per heavy atom. The van der Waals surface area contributed by atoms with Gasteiger partial charge in [-0.2, -0.15) is 0 Å². The first-order valence-electron chi connectivity index (χ1n) is 8.83. The van der Waals surface area contributed by atoms with Gasteiger partial charge in [0.25, 0.3) is 0 Å². The van der Waals surface area contributed by atoms with Gasteiger partial charge in [0.05, 0.1) is 20.3 Å². The molecule has 7 nitrogen and oxygen atoms in total. The fourth-order valence-corrected chi connectivity index (χ4v) is 7.61. The van der Waals surface area contributed by atoms with E-state index in [-0.39, 0.29) is 13.2 Å². The van der Waals surface area contributed by atoms with E-state index in [9.17, 15) is 13.0 Å². The summed E-state index contributed by atoms with van der Waals surface area (Å²) in [5.74, 6) is 1.11. The lowest BCUT2D eigenvalue weighted by molar-refractivity contribution is 0.223. The maximum Gasteiger partial charge on any atom is 0.347 e. The summed E-state index contributed by atoms with van der Waals surface area (Å²) in [5.41, 5.74) is 0.576. The Balaban J connectivity index is 1.99. The smallest absolute Gasteiger partial charge is 0.347 e. The van der Waals surface area contributed by atoms with Crippen molar-refractivity contribution in [1.82, 2.24) is 4.31 Å². The van der Waals surface area contributed by atoms with E-state index in [0.29, 0.717) is 19.0 Å². The lowest BCUT2D eigenvalue weighted by Gasteiger charge is -2.32. The second kappa shape index (κ2) is 9.33. The lowest BCUT2D eigenvalue weighted by atomic mass is 9.90. The number of piperidine rings is 1. The minimum absolute atomic E-state index is 0.145. The highest BCUT2D eigenvalue weighted by Crippen LogP contribution is 2.49. The minimum Gasteiger partial charge on any atom is -0.497 e. The van der Waals surface area contributed by atoms with Gasteiger partial charge in [0.15, 0.2) is 5.49 Å². The molecule has 0 bridgehead atoms. The van der Waals surface area contributed by atoms with Crippen molar-refractivity contribution >= 4 is 17.6 Å². The number of benzene rings is 1. The van der Waals surface area contributed by atoms with Gasteiger partial charge in [0.1, 0.15) is 5.75 Å². The second-order valence-corrected chi connectivity index (χ2v) is 10.6. The molecule has 1 fully saturated rings.